The summed E-state index contributed by atoms with van der Waals surface area (Å²) in [6, 6.07) is 11.7. The Morgan fingerprint density at radius 3 is 2.70 bits per heavy atom. The molecule has 1 aliphatic heterocycles. The zero-order valence-electron chi connectivity index (χ0n) is 12.1. The van der Waals surface area contributed by atoms with E-state index in [1.807, 2.05) is 57.2 Å². The van der Waals surface area contributed by atoms with Crippen molar-refractivity contribution in [3.8, 4) is 5.75 Å². The molecule has 0 spiro atoms. The third kappa shape index (κ3) is 2.22. The minimum atomic E-state index is 0.0878. The SMILES string of the molecule is Cc1ccc(C(=O)c2ccc3c(c2)CC(C)O3)c(C)c1. The Kier molecular flexibility index (Phi) is 3.09. The third-order valence-corrected chi connectivity index (χ3v) is 3.78. The second-order valence-corrected chi connectivity index (χ2v) is 5.60. The molecule has 0 aromatic heterocycles. The summed E-state index contributed by atoms with van der Waals surface area (Å²) in [5.41, 5.74) is 4.86. The van der Waals surface area contributed by atoms with Gasteiger partial charge in [0.25, 0.3) is 0 Å². The van der Waals surface area contributed by atoms with Gasteiger partial charge in [-0.1, -0.05) is 23.8 Å². The first-order chi connectivity index (χ1) is 9.54. The first kappa shape index (κ1) is 12.9. The lowest BCUT2D eigenvalue weighted by atomic mass is 9.96. The molecule has 1 aliphatic rings. The van der Waals surface area contributed by atoms with E-state index < -0.39 is 0 Å². The van der Waals surface area contributed by atoms with E-state index in [1.165, 1.54) is 5.56 Å². The van der Waals surface area contributed by atoms with Crippen LogP contribution in [0.5, 0.6) is 5.75 Å². The molecule has 2 aromatic carbocycles. The molecule has 102 valence electrons. The Bertz CT molecular complexity index is 686. The van der Waals surface area contributed by atoms with Crippen LogP contribution < -0.4 is 4.74 Å². The van der Waals surface area contributed by atoms with Gasteiger partial charge in [-0.2, -0.15) is 0 Å². The molecule has 20 heavy (non-hydrogen) atoms. The number of benzene rings is 2. The molecule has 2 nitrogen and oxygen atoms in total. The fourth-order valence-electron chi connectivity index (χ4n) is 2.79. The van der Waals surface area contributed by atoms with E-state index in [0.717, 1.165) is 34.4 Å². The summed E-state index contributed by atoms with van der Waals surface area (Å²) < 4.78 is 5.68. The molecule has 0 aliphatic carbocycles. The monoisotopic (exact) mass is 266 g/mol. The number of ether oxygens (including phenoxy) is 1. The van der Waals surface area contributed by atoms with Crippen molar-refractivity contribution in [2.75, 3.05) is 0 Å². The van der Waals surface area contributed by atoms with Gasteiger partial charge in [0.1, 0.15) is 11.9 Å². The first-order valence-corrected chi connectivity index (χ1v) is 6.96. The molecule has 2 aromatic rings. The highest BCUT2D eigenvalue weighted by molar-refractivity contribution is 6.10. The summed E-state index contributed by atoms with van der Waals surface area (Å²) in [5.74, 6) is 1.000. The Hall–Kier alpha value is -2.09. The molecule has 0 saturated heterocycles. The molecule has 0 N–H and O–H groups in total. The van der Waals surface area contributed by atoms with Gasteiger partial charge in [-0.25, -0.2) is 0 Å². The van der Waals surface area contributed by atoms with Gasteiger partial charge in [0, 0.05) is 17.5 Å². The van der Waals surface area contributed by atoms with Crippen LogP contribution >= 0.6 is 0 Å². The van der Waals surface area contributed by atoms with Gasteiger partial charge >= 0.3 is 0 Å². The predicted octanol–water partition coefficient (Wildman–Crippen LogP) is 3.86. The van der Waals surface area contributed by atoms with Crippen LogP contribution in [0.4, 0.5) is 0 Å². The highest BCUT2D eigenvalue weighted by Gasteiger charge is 2.21. The van der Waals surface area contributed by atoms with Gasteiger partial charge in [0.05, 0.1) is 0 Å². The Labute approximate surface area is 119 Å². The molecular formula is C18H18O2. The highest BCUT2D eigenvalue weighted by atomic mass is 16.5. The van der Waals surface area contributed by atoms with E-state index >= 15 is 0 Å². The third-order valence-electron chi connectivity index (χ3n) is 3.78. The van der Waals surface area contributed by atoms with Gasteiger partial charge in [0.2, 0.25) is 0 Å². The summed E-state index contributed by atoms with van der Waals surface area (Å²) in [7, 11) is 0. The first-order valence-electron chi connectivity index (χ1n) is 6.96. The maximum atomic E-state index is 12.6. The minimum absolute atomic E-state index is 0.0878. The van der Waals surface area contributed by atoms with Crippen molar-refractivity contribution in [1.29, 1.82) is 0 Å². The molecule has 0 bridgehead atoms. The van der Waals surface area contributed by atoms with Crippen LogP contribution in [0, 0.1) is 13.8 Å². The van der Waals surface area contributed by atoms with Crippen molar-refractivity contribution in [2.24, 2.45) is 0 Å². The minimum Gasteiger partial charge on any atom is -0.490 e. The van der Waals surface area contributed by atoms with Gasteiger partial charge in [-0.3, -0.25) is 4.79 Å². The zero-order chi connectivity index (χ0) is 14.3. The Balaban J connectivity index is 1.97. The standard InChI is InChI=1S/C18H18O2/c1-11-4-6-16(12(2)8-11)18(19)14-5-7-17-15(10-14)9-13(3)20-17/h4-8,10,13H,9H2,1-3H3. The number of hydrogen-bond acceptors (Lipinski definition) is 2. The fourth-order valence-corrected chi connectivity index (χ4v) is 2.79. The Morgan fingerprint density at radius 2 is 1.95 bits per heavy atom. The lowest BCUT2D eigenvalue weighted by Crippen LogP contribution is -2.05. The summed E-state index contributed by atoms with van der Waals surface area (Å²) in [5, 5.41) is 0. The molecule has 1 heterocycles. The second kappa shape index (κ2) is 4.78. The molecule has 3 rings (SSSR count). The van der Waals surface area contributed by atoms with Crippen LogP contribution in [-0.4, -0.2) is 11.9 Å². The molecule has 0 amide bonds. The molecule has 0 radical (unpaired) electrons. The van der Waals surface area contributed by atoms with E-state index in [9.17, 15) is 4.79 Å². The summed E-state index contributed by atoms with van der Waals surface area (Å²) in [6.45, 7) is 6.07. The number of carbonyl (C=O) groups excluding carboxylic acids is 1. The van der Waals surface area contributed by atoms with Crippen molar-refractivity contribution in [2.45, 2.75) is 33.3 Å². The largest absolute Gasteiger partial charge is 0.490 e. The maximum absolute atomic E-state index is 12.6. The van der Waals surface area contributed by atoms with Gasteiger partial charge in [-0.05, 0) is 50.1 Å². The quantitative estimate of drug-likeness (QED) is 0.772. The van der Waals surface area contributed by atoms with Crippen LogP contribution in [0.15, 0.2) is 36.4 Å². The maximum Gasteiger partial charge on any atom is 0.193 e. The normalized spacial score (nSPS) is 16.6. The molecule has 0 fully saturated rings. The number of carbonyl (C=O) groups is 1. The van der Waals surface area contributed by atoms with Crippen LogP contribution in [0.25, 0.3) is 0 Å². The smallest absolute Gasteiger partial charge is 0.193 e. The number of fused-ring (bicyclic) bond motifs is 1. The van der Waals surface area contributed by atoms with Crippen molar-refractivity contribution in [3.05, 3.63) is 64.2 Å². The average Bonchev–Trinajstić information content (AvgIpc) is 2.77. The van der Waals surface area contributed by atoms with E-state index in [4.69, 9.17) is 4.74 Å². The van der Waals surface area contributed by atoms with Crippen molar-refractivity contribution in [3.63, 3.8) is 0 Å². The molecule has 0 saturated carbocycles. The molecular weight excluding hydrogens is 248 g/mol. The predicted molar refractivity (Wildman–Crippen MR) is 79.6 cm³/mol. The summed E-state index contributed by atoms with van der Waals surface area (Å²) in [4.78, 5) is 12.6. The highest BCUT2D eigenvalue weighted by Crippen LogP contribution is 2.30. The second-order valence-electron chi connectivity index (χ2n) is 5.60. The fraction of sp³-hybridized carbons (Fsp3) is 0.278. The van der Waals surface area contributed by atoms with Crippen LogP contribution in [-0.2, 0) is 6.42 Å². The number of aryl methyl sites for hydroxylation is 2. The van der Waals surface area contributed by atoms with E-state index in [0.29, 0.717) is 0 Å². The molecule has 1 atom stereocenters. The van der Waals surface area contributed by atoms with Gasteiger partial charge in [-0.15, -0.1) is 0 Å². The van der Waals surface area contributed by atoms with E-state index in [1.54, 1.807) is 0 Å². The van der Waals surface area contributed by atoms with Crippen LogP contribution in [0.2, 0.25) is 0 Å². The van der Waals surface area contributed by atoms with E-state index in [2.05, 4.69) is 0 Å². The number of ketones is 1. The number of hydrogen-bond donors (Lipinski definition) is 0. The Morgan fingerprint density at radius 1 is 1.15 bits per heavy atom. The van der Waals surface area contributed by atoms with Crippen molar-refractivity contribution >= 4 is 5.78 Å². The summed E-state index contributed by atoms with van der Waals surface area (Å²) >= 11 is 0. The van der Waals surface area contributed by atoms with Crippen LogP contribution in [0.3, 0.4) is 0 Å². The summed E-state index contributed by atoms with van der Waals surface area (Å²) in [6.07, 6.45) is 1.08. The average molecular weight is 266 g/mol. The van der Waals surface area contributed by atoms with Crippen molar-refractivity contribution in [1.82, 2.24) is 0 Å². The molecule has 2 heteroatoms. The van der Waals surface area contributed by atoms with Gasteiger partial charge in [0.15, 0.2) is 5.78 Å². The van der Waals surface area contributed by atoms with Crippen LogP contribution in [0.1, 0.15) is 39.5 Å². The zero-order valence-corrected chi connectivity index (χ0v) is 12.1. The molecule has 1 unspecified atom stereocenters. The lowest BCUT2D eigenvalue weighted by Gasteiger charge is -2.07. The van der Waals surface area contributed by atoms with Crippen molar-refractivity contribution < 1.29 is 9.53 Å². The number of rotatable bonds is 2. The lowest BCUT2D eigenvalue weighted by molar-refractivity contribution is 0.103. The topological polar surface area (TPSA) is 26.3 Å². The van der Waals surface area contributed by atoms with Gasteiger partial charge < -0.3 is 4.74 Å². The van der Waals surface area contributed by atoms with E-state index in [-0.39, 0.29) is 11.9 Å².